The zero-order valence-electron chi connectivity index (χ0n) is 7.24. The Kier molecular flexibility index (Phi) is 3.77. The second kappa shape index (κ2) is 4.87. The summed E-state index contributed by atoms with van der Waals surface area (Å²) in [5.41, 5.74) is 4.86. The van der Waals surface area contributed by atoms with E-state index in [1.54, 1.807) is 0 Å². The molecule has 2 N–H and O–H groups in total. The lowest BCUT2D eigenvalue weighted by molar-refractivity contribution is -0.119. The van der Waals surface area contributed by atoms with Crippen LogP contribution in [-0.4, -0.2) is 5.91 Å². The third-order valence-corrected chi connectivity index (χ3v) is 1.96. The summed E-state index contributed by atoms with van der Waals surface area (Å²) in [6, 6.07) is 9.44. The van der Waals surface area contributed by atoms with E-state index >= 15 is 0 Å². The Morgan fingerprint density at radius 1 is 1.31 bits per heavy atom. The highest BCUT2D eigenvalue weighted by molar-refractivity contribution is 6.30. The molecular weight excluding hydrogens is 186 g/mol. The summed E-state index contributed by atoms with van der Waals surface area (Å²) in [5.74, 6) is 0.111. The average molecular weight is 198 g/mol. The van der Waals surface area contributed by atoms with Gasteiger partial charge in [0.2, 0.25) is 5.91 Å². The fraction of sp³-hybridized carbons (Fsp3) is 0.300. The molecule has 0 aromatic heterocycles. The minimum atomic E-state index is -0.130. The first-order valence-corrected chi connectivity index (χ1v) is 4.58. The second-order valence-electron chi connectivity index (χ2n) is 2.97. The van der Waals surface area contributed by atoms with Gasteiger partial charge in [0, 0.05) is 10.9 Å². The fourth-order valence-electron chi connectivity index (χ4n) is 0.783. The molecule has 3 heteroatoms. The first-order valence-electron chi connectivity index (χ1n) is 4.20. The molecule has 1 aliphatic rings. The van der Waals surface area contributed by atoms with Crippen LogP contribution in [0.3, 0.4) is 0 Å². The standard InChI is InChI=1S/C6H5Cl.C4H7NO/c7-6-4-2-1-3-5-6;5-4(6)3-1-2-3/h1-5H;3H,1-2H2,(H2,5,6). The van der Waals surface area contributed by atoms with E-state index in [1.165, 1.54) is 0 Å². The molecule has 1 aromatic carbocycles. The van der Waals surface area contributed by atoms with Gasteiger partial charge >= 0.3 is 0 Å². The van der Waals surface area contributed by atoms with Gasteiger partial charge < -0.3 is 5.73 Å². The van der Waals surface area contributed by atoms with Gasteiger partial charge in [-0.2, -0.15) is 0 Å². The molecule has 0 heterocycles. The highest BCUT2D eigenvalue weighted by atomic mass is 35.5. The molecule has 0 radical (unpaired) electrons. The summed E-state index contributed by atoms with van der Waals surface area (Å²) in [7, 11) is 0. The van der Waals surface area contributed by atoms with Crippen molar-refractivity contribution in [2.45, 2.75) is 12.8 Å². The molecule has 2 rings (SSSR count). The average Bonchev–Trinajstić information content (AvgIpc) is 2.88. The van der Waals surface area contributed by atoms with Crippen molar-refractivity contribution >= 4 is 17.5 Å². The van der Waals surface area contributed by atoms with Crippen molar-refractivity contribution in [2.24, 2.45) is 11.7 Å². The molecule has 70 valence electrons. The Bertz CT molecular complexity index is 270. The SMILES string of the molecule is Clc1ccccc1.NC(=O)C1CC1. The molecule has 0 saturated heterocycles. The van der Waals surface area contributed by atoms with Crippen molar-refractivity contribution in [3.63, 3.8) is 0 Å². The zero-order chi connectivity index (χ0) is 9.68. The highest BCUT2D eigenvalue weighted by Crippen LogP contribution is 2.27. The van der Waals surface area contributed by atoms with Crippen LogP contribution in [0.5, 0.6) is 0 Å². The minimum Gasteiger partial charge on any atom is -0.369 e. The van der Waals surface area contributed by atoms with Gasteiger partial charge in [0.25, 0.3) is 0 Å². The van der Waals surface area contributed by atoms with Crippen LogP contribution < -0.4 is 5.73 Å². The summed E-state index contributed by atoms with van der Waals surface area (Å²) >= 11 is 5.54. The van der Waals surface area contributed by atoms with E-state index in [-0.39, 0.29) is 11.8 Å². The van der Waals surface area contributed by atoms with Gasteiger partial charge in [-0.3, -0.25) is 4.79 Å². The predicted octanol–water partition coefficient (Wildman–Crippen LogP) is 2.22. The molecule has 1 saturated carbocycles. The lowest BCUT2D eigenvalue weighted by Gasteiger charge is -1.80. The predicted molar refractivity (Wildman–Crippen MR) is 53.4 cm³/mol. The van der Waals surface area contributed by atoms with Gasteiger partial charge in [-0.05, 0) is 25.0 Å². The fourth-order valence-corrected chi connectivity index (χ4v) is 0.928. The number of amides is 1. The van der Waals surface area contributed by atoms with Crippen LogP contribution in [0.2, 0.25) is 5.02 Å². The highest BCUT2D eigenvalue weighted by Gasteiger charge is 2.26. The quantitative estimate of drug-likeness (QED) is 0.737. The van der Waals surface area contributed by atoms with E-state index in [0.717, 1.165) is 17.9 Å². The van der Waals surface area contributed by atoms with Gasteiger partial charge in [-0.25, -0.2) is 0 Å². The van der Waals surface area contributed by atoms with Gasteiger partial charge in [0.05, 0.1) is 0 Å². The van der Waals surface area contributed by atoms with Crippen LogP contribution >= 0.6 is 11.6 Å². The third-order valence-electron chi connectivity index (χ3n) is 1.71. The zero-order valence-corrected chi connectivity index (χ0v) is 8.00. The largest absolute Gasteiger partial charge is 0.369 e. The van der Waals surface area contributed by atoms with Gasteiger partial charge in [-0.15, -0.1) is 0 Å². The molecule has 0 bridgehead atoms. The van der Waals surface area contributed by atoms with Crippen LogP contribution in [0.15, 0.2) is 30.3 Å². The molecule has 1 fully saturated rings. The summed E-state index contributed by atoms with van der Waals surface area (Å²) in [6.07, 6.45) is 2.05. The van der Waals surface area contributed by atoms with Crippen molar-refractivity contribution in [1.82, 2.24) is 0 Å². The lowest BCUT2D eigenvalue weighted by Crippen LogP contribution is -2.11. The van der Waals surface area contributed by atoms with Crippen LogP contribution in [0.1, 0.15) is 12.8 Å². The Hall–Kier alpha value is -1.02. The number of hydrogen-bond donors (Lipinski definition) is 1. The number of rotatable bonds is 1. The van der Waals surface area contributed by atoms with Crippen LogP contribution in [0.25, 0.3) is 0 Å². The molecule has 1 amide bonds. The van der Waals surface area contributed by atoms with Crippen LogP contribution in [0, 0.1) is 5.92 Å². The summed E-state index contributed by atoms with van der Waals surface area (Å²) < 4.78 is 0. The molecule has 13 heavy (non-hydrogen) atoms. The number of carbonyl (C=O) groups excluding carboxylic acids is 1. The summed E-state index contributed by atoms with van der Waals surface area (Å²) in [5, 5.41) is 0.794. The minimum absolute atomic E-state index is 0.130. The van der Waals surface area contributed by atoms with Crippen LogP contribution in [0.4, 0.5) is 0 Å². The number of nitrogens with two attached hydrogens (primary N) is 1. The molecule has 0 atom stereocenters. The molecule has 0 aliphatic heterocycles. The van der Waals surface area contributed by atoms with E-state index < -0.39 is 0 Å². The van der Waals surface area contributed by atoms with Crippen molar-refractivity contribution in [3.8, 4) is 0 Å². The maximum Gasteiger partial charge on any atom is 0.220 e. The Morgan fingerprint density at radius 3 is 2.00 bits per heavy atom. The van der Waals surface area contributed by atoms with E-state index in [0.29, 0.717) is 0 Å². The van der Waals surface area contributed by atoms with E-state index in [2.05, 4.69) is 0 Å². The summed E-state index contributed by atoms with van der Waals surface area (Å²) in [4.78, 5) is 9.98. The number of halogens is 1. The summed E-state index contributed by atoms with van der Waals surface area (Å²) in [6.45, 7) is 0. The van der Waals surface area contributed by atoms with Crippen molar-refractivity contribution in [3.05, 3.63) is 35.4 Å². The molecule has 0 unspecified atom stereocenters. The molecule has 1 aromatic rings. The lowest BCUT2D eigenvalue weighted by atomic mass is 10.4. The topological polar surface area (TPSA) is 43.1 Å². The normalized spacial score (nSPS) is 14.2. The van der Waals surface area contributed by atoms with E-state index in [4.69, 9.17) is 17.3 Å². The van der Waals surface area contributed by atoms with E-state index in [1.807, 2.05) is 30.3 Å². The molecule has 2 nitrogen and oxygen atoms in total. The Labute approximate surface area is 82.7 Å². The first-order chi connectivity index (χ1) is 6.20. The first kappa shape index (κ1) is 10.1. The number of hydrogen-bond acceptors (Lipinski definition) is 1. The van der Waals surface area contributed by atoms with Crippen LogP contribution in [-0.2, 0) is 4.79 Å². The number of benzene rings is 1. The Balaban J connectivity index is 0.000000132. The molecule has 1 aliphatic carbocycles. The van der Waals surface area contributed by atoms with Crippen molar-refractivity contribution < 1.29 is 4.79 Å². The van der Waals surface area contributed by atoms with Crippen molar-refractivity contribution in [2.75, 3.05) is 0 Å². The smallest absolute Gasteiger partial charge is 0.220 e. The maximum atomic E-state index is 9.98. The monoisotopic (exact) mass is 197 g/mol. The van der Waals surface area contributed by atoms with Gasteiger partial charge in [0.1, 0.15) is 0 Å². The number of carbonyl (C=O) groups is 1. The Morgan fingerprint density at radius 2 is 1.85 bits per heavy atom. The second-order valence-corrected chi connectivity index (χ2v) is 3.41. The van der Waals surface area contributed by atoms with Gasteiger partial charge in [-0.1, -0.05) is 29.8 Å². The van der Waals surface area contributed by atoms with Crippen molar-refractivity contribution in [1.29, 1.82) is 0 Å². The van der Waals surface area contributed by atoms with Gasteiger partial charge in [0.15, 0.2) is 0 Å². The maximum absolute atomic E-state index is 9.98. The third kappa shape index (κ3) is 4.53. The number of primary amides is 1. The van der Waals surface area contributed by atoms with E-state index in [9.17, 15) is 4.79 Å². The molecule has 0 spiro atoms. The molecular formula is C10H12ClNO.